The normalized spacial score (nSPS) is 11.3. The zero-order valence-corrected chi connectivity index (χ0v) is 13.3. The molecule has 0 saturated carbocycles. The van der Waals surface area contributed by atoms with Crippen molar-refractivity contribution in [3.63, 3.8) is 0 Å². The van der Waals surface area contributed by atoms with E-state index in [2.05, 4.69) is 5.32 Å². The Morgan fingerprint density at radius 3 is 2.04 bits per heavy atom. The van der Waals surface area contributed by atoms with Gasteiger partial charge in [0.2, 0.25) is 0 Å². The van der Waals surface area contributed by atoms with Gasteiger partial charge in [-0.1, -0.05) is 17.7 Å². The molecule has 7 nitrogen and oxygen atoms in total. The minimum Gasteiger partial charge on any atom is -0.370 e. The number of alkyl halides is 3. The third kappa shape index (κ3) is 3.99. The lowest BCUT2D eigenvalue weighted by molar-refractivity contribution is -0.392. The average molecular weight is 394 g/mol. The molecule has 0 fully saturated rings. The first-order valence-electron chi connectivity index (χ1n) is 6.73. The highest BCUT2D eigenvalue weighted by Gasteiger charge is 2.37. The second-order valence-electron chi connectivity index (χ2n) is 4.96. The number of hydrogen-bond donors (Lipinski definition) is 1. The van der Waals surface area contributed by atoms with Gasteiger partial charge in [0.05, 0.1) is 15.4 Å². The maximum Gasteiger partial charge on any atom is 0.416 e. The largest absolute Gasteiger partial charge is 0.416 e. The lowest BCUT2D eigenvalue weighted by Gasteiger charge is -2.12. The highest BCUT2D eigenvalue weighted by atomic mass is 35.5. The summed E-state index contributed by atoms with van der Waals surface area (Å²) in [5.74, 6) is -0.790. The molecule has 0 unspecified atom stereocenters. The fourth-order valence-electron chi connectivity index (χ4n) is 2.12. The molecule has 0 aliphatic rings. The fourth-order valence-corrected chi connectivity index (χ4v) is 2.35. The molecule has 0 aliphatic carbocycles. The summed E-state index contributed by atoms with van der Waals surface area (Å²) in [6.45, 7) is -0.515. The van der Waals surface area contributed by atoms with Gasteiger partial charge in [0.1, 0.15) is 5.82 Å². The van der Waals surface area contributed by atoms with Crippen LogP contribution in [-0.4, -0.2) is 9.85 Å². The molecule has 2 aromatic rings. The van der Waals surface area contributed by atoms with Crippen LogP contribution in [0.3, 0.4) is 0 Å². The lowest BCUT2D eigenvalue weighted by atomic mass is 10.1. The van der Waals surface area contributed by atoms with Gasteiger partial charge >= 0.3 is 6.18 Å². The van der Waals surface area contributed by atoms with E-state index in [1.165, 1.54) is 12.1 Å². The number of rotatable bonds is 5. The molecule has 0 aromatic heterocycles. The summed E-state index contributed by atoms with van der Waals surface area (Å²) in [5.41, 5.74) is -4.83. The third-order valence-corrected chi connectivity index (χ3v) is 3.68. The maximum absolute atomic E-state index is 13.8. The van der Waals surface area contributed by atoms with Gasteiger partial charge in [0.15, 0.2) is 5.69 Å². The Morgan fingerprint density at radius 1 is 1.08 bits per heavy atom. The first kappa shape index (κ1) is 19.4. The van der Waals surface area contributed by atoms with Crippen molar-refractivity contribution in [1.29, 1.82) is 0 Å². The molecule has 138 valence electrons. The molecule has 0 heterocycles. The second kappa shape index (κ2) is 7.12. The van der Waals surface area contributed by atoms with E-state index in [-0.39, 0.29) is 22.7 Å². The van der Waals surface area contributed by atoms with Crippen molar-refractivity contribution in [2.24, 2.45) is 0 Å². The molecule has 0 radical (unpaired) electrons. The van der Waals surface area contributed by atoms with Crippen LogP contribution in [0.15, 0.2) is 30.3 Å². The van der Waals surface area contributed by atoms with Crippen molar-refractivity contribution in [2.75, 3.05) is 5.32 Å². The van der Waals surface area contributed by atoms with Crippen molar-refractivity contribution in [1.82, 2.24) is 0 Å². The molecule has 26 heavy (non-hydrogen) atoms. The Kier molecular flexibility index (Phi) is 5.30. The van der Waals surface area contributed by atoms with Gasteiger partial charge < -0.3 is 5.32 Å². The number of nitrogens with zero attached hydrogens (tertiary/aromatic N) is 2. The van der Waals surface area contributed by atoms with E-state index in [4.69, 9.17) is 11.6 Å². The summed E-state index contributed by atoms with van der Waals surface area (Å²) in [6.07, 6.45) is -5.02. The molecule has 12 heteroatoms. The number of nitro benzene ring substituents is 2. The minimum absolute atomic E-state index is 0.0604. The molecule has 0 atom stereocenters. The van der Waals surface area contributed by atoms with Gasteiger partial charge in [-0.3, -0.25) is 20.2 Å². The smallest absolute Gasteiger partial charge is 0.370 e. The average Bonchev–Trinajstić information content (AvgIpc) is 2.52. The molecule has 0 bridgehead atoms. The van der Waals surface area contributed by atoms with Gasteiger partial charge in [-0.2, -0.15) is 13.2 Å². The first-order chi connectivity index (χ1) is 12.0. The highest BCUT2D eigenvalue weighted by Crippen LogP contribution is 2.41. The predicted octanol–water partition coefficient (Wildman–Crippen LogP) is 4.93. The Bertz CT molecular complexity index is 834. The Labute approximate surface area is 147 Å². The summed E-state index contributed by atoms with van der Waals surface area (Å²) in [6, 6.07) is 3.98. The number of halogens is 5. The number of benzene rings is 2. The van der Waals surface area contributed by atoms with Gasteiger partial charge in [-0.15, -0.1) is 0 Å². The summed E-state index contributed by atoms with van der Waals surface area (Å²) >= 11 is 5.79. The van der Waals surface area contributed by atoms with Crippen LogP contribution in [0.5, 0.6) is 0 Å². The SMILES string of the molecule is O=[N+]([O-])c1cc(C(F)(F)F)cc([N+](=O)[O-])c1NCc1c(F)cccc1Cl. The summed E-state index contributed by atoms with van der Waals surface area (Å²) in [4.78, 5) is 19.8. The van der Waals surface area contributed by atoms with Crippen LogP contribution in [-0.2, 0) is 12.7 Å². The Balaban J connectivity index is 2.56. The number of nitro groups is 2. The van der Waals surface area contributed by atoms with Gasteiger partial charge in [-0.05, 0) is 12.1 Å². The van der Waals surface area contributed by atoms with Crippen molar-refractivity contribution < 1.29 is 27.4 Å². The maximum atomic E-state index is 13.8. The van der Waals surface area contributed by atoms with E-state index in [0.29, 0.717) is 0 Å². The standard InChI is InChI=1S/C14H8ClF4N3O4/c15-9-2-1-3-10(16)8(9)6-20-13-11(21(23)24)4-7(14(17,18)19)5-12(13)22(25)26/h1-5,20H,6H2. The molecular formula is C14H8ClF4N3O4. The van der Waals surface area contributed by atoms with Crippen LogP contribution >= 0.6 is 11.6 Å². The lowest BCUT2D eigenvalue weighted by Crippen LogP contribution is -2.11. The minimum atomic E-state index is -5.02. The third-order valence-electron chi connectivity index (χ3n) is 3.32. The van der Waals surface area contributed by atoms with Crippen LogP contribution in [0.25, 0.3) is 0 Å². The molecule has 2 rings (SSSR count). The van der Waals surface area contributed by atoms with Gasteiger partial charge in [0, 0.05) is 29.3 Å². The van der Waals surface area contributed by atoms with Gasteiger partial charge in [0.25, 0.3) is 11.4 Å². The highest BCUT2D eigenvalue weighted by molar-refractivity contribution is 6.31. The van der Waals surface area contributed by atoms with Crippen LogP contribution in [0, 0.1) is 26.0 Å². The zero-order chi connectivity index (χ0) is 19.6. The van der Waals surface area contributed by atoms with Crippen molar-refractivity contribution in [3.05, 3.63) is 72.5 Å². The number of hydrogen-bond acceptors (Lipinski definition) is 5. The van der Waals surface area contributed by atoms with E-state index < -0.39 is 51.0 Å². The van der Waals surface area contributed by atoms with E-state index in [1.807, 2.05) is 0 Å². The molecule has 1 N–H and O–H groups in total. The summed E-state index contributed by atoms with van der Waals surface area (Å²) in [5, 5.41) is 24.4. The second-order valence-corrected chi connectivity index (χ2v) is 5.36. The van der Waals surface area contributed by atoms with E-state index in [9.17, 15) is 37.8 Å². The van der Waals surface area contributed by atoms with E-state index in [0.717, 1.165) is 6.07 Å². The monoisotopic (exact) mass is 393 g/mol. The Hall–Kier alpha value is -2.95. The van der Waals surface area contributed by atoms with Crippen LogP contribution in [0.4, 0.5) is 34.6 Å². The predicted molar refractivity (Wildman–Crippen MR) is 83.5 cm³/mol. The first-order valence-corrected chi connectivity index (χ1v) is 7.11. The topological polar surface area (TPSA) is 98.3 Å². The molecule has 0 saturated heterocycles. The van der Waals surface area contributed by atoms with Crippen molar-refractivity contribution >= 4 is 28.7 Å². The van der Waals surface area contributed by atoms with E-state index in [1.54, 1.807) is 0 Å². The fraction of sp³-hybridized carbons (Fsp3) is 0.143. The van der Waals surface area contributed by atoms with Crippen LogP contribution in [0.1, 0.15) is 11.1 Å². The Morgan fingerprint density at radius 2 is 1.62 bits per heavy atom. The number of anilines is 1. The molecular weight excluding hydrogens is 386 g/mol. The molecule has 0 amide bonds. The number of nitrogens with one attached hydrogen (secondary N) is 1. The molecule has 2 aromatic carbocycles. The summed E-state index contributed by atoms with van der Waals surface area (Å²) in [7, 11) is 0. The zero-order valence-electron chi connectivity index (χ0n) is 12.5. The quantitative estimate of drug-likeness (QED) is 0.441. The molecule has 0 spiro atoms. The van der Waals surface area contributed by atoms with Crippen LogP contribution < -0.4 is 5.32 Å². The van der Waals surface area contributed by atoms with Crippen molar-refractivity contribution in [2.45, 2.75) is 12.7 Å². The van der Waals surface area contributed by atoms with Crippen molar-refractivity contribution in [3.8, 4) is 0 Å². The summed E-state index contributed by atoms with van der Waals surface area (Å²) < 4.78 is 52.2. The van der Waals surface area contributed by atoms with Crippen LogP contribution in [0.2, 0.25) is 5.02 Å². The molecule has 0 aliphatic heterocycles. The van der Waals surface area contributed by atoms with E-state index >= 15 is 0 Å². The van der Waals surface area contributed by atoms with Gasteiger partial charge in [-0.25, -0.2) is 4.39 Å².